The molecule has 1 aliphatic rings. The molecule has 3 nitrogen and oxygen atoms in total. The van der Waals surface area contributed by atoms with Crippen LogP contribution < -0.4 is 5.32 Å². The Hall–Kier alpha value is -0.120. The summed E-state index contributed by atoms with van der Waals surface area (Å²) in [5.41, 5.74) is 0.0798. The Morgan fingerprint density at radius 2 is 1.94 bits per heavy atom. The molecule has 0 bridgehead atoms. The number of hydrogen-bond acceptors (Lipinski definition) is 3. The molecule has 2 N–H and O–H groups in total. The van der Waals surface area contributed by atoms with Crippen molar-refractivity contribution in [2.75, 3.05) is 20.3 Å². The van der Waals surface area contributed by atoms with Crippen molar-refractivity contribution < 1.29 is 9.84 Å². The first-order valence-corrected chi connectivity index (χ1v) is 6.08. The van der Waals surface area contributed by atoms with Crippen molar-refractivity contribution in [2.24, 2.45) is 10.8 Å². The Balaban J connectivity index is 2.49. The molecule has 0 amide bonds. The first kappa shape index (κ1) is 13.9. The standard InChI is InChI=1S/C13H27NO2/c1-11(2,9-15)8-14-10-7-13(5,16-6)12(10,3)4/h10,14-15H,7-9H2,1-6H3. The van der Waals surface area contributed by atoms with Crippen molar-refractivity contribution >= 4 is 0 Å². The summed E-state index contributed by atoms with van der Waals surface area (Å²) in [6.07, 6.45) is 1.04. The van der Waals surface area contributed by atoms with Crippen molar-refractivity contribution in [3.8, 4) is 0 Å². The van der Waals surface area contributed by atoms with Crippen LogP contribution in [0.4, 0.5) is 0 Å². The molecule has 0 heterocycles. The summed E-state index contributed by atoms with van der Waals surface area (Å²) >= 11 is 0. The van der Waals surface area contributed by atoms with Crippen molar-refractivity contribution in [2.45, 2.75) is 52.7 Å². The molecular weight excluding hydrogens is 202 g/mol. The molecule has 2 atom stereocenters. The van der Waals surface area contributed by atoms with Crippen LogP contribution in [0.25, 0.3) is 0 Å². The van der Waals surface area contributed by atoms with E-state index in [0.29, 0.717) is 6.04 Å². The lowest BCUT2D eigenvalue weighted by Crippen LogP contribution is -2.68. The van der Waals surface area contributed by atoms with Gasteiger partial charge in [-0.1, -0.05) is 27.7 Å². The molecule has 0 aromatic carbocycles. The smallest absolute Gasteiger partial charge is 0.0731 e. The summed E-state index contributed by atoms with van der Waals surface area (Å²) in [4.78, 5) is 0. The van der Waals surface area contributed by atoms with E-state index in [9.17, 15) is 5.11 Å². The summed E-state index contributed by atoms with van der Waals surface area (Å²) in [5.74, 6) is 0. The third-order valence-electron chi connectivity index (χ3n) is 4.53. The fourth-order valence-electron chi connectivity index (χ4n) is 2.27. The van der Waals surface area contributed by atoms with E-state index < -0.39 is 0 Å². The third kappa shape index (κ3) is 2.27. The van der Waals surface area contributed by atoms with Crippen LogP contribution >= 0.6 is 0 Å². The molecule has 0 spiro atoms. The zero-order valence-corrected chi connectivity index (χ0v) is 11.6. The largest absolute Gasteiger partial charge is 0.396 e. The van der Waals surface area contributed by atoms with E-state index in [1.54, 1.807) is 7.11 Å². The van der Waals surface area contributed by atoms with Gasteiger partial charge in [-0.05, 0) is 13.3 Å². The molecule has 0 aromatic heterocycles. The van der Waals surface area contributed by atoms with Gasteiger partial charge in [-0.15, -0.1) is 0 Å². The van der Waals surface area contributed by atoms with Gasteiger partial charge in [-0.2, -0.15) is 0 Å². The fourth-order valence-corrected chi connectivity index (χ4v) is 2.27. The fraction of sp³-hybridized carbons (Fsp3) is 1.00. The number of ether oxygens (including phenoxy) is 1. The maximum Gasteiger partial charge on any atom is 0.0731 e. The average molecular weight is 229 g/mol. The Morgan fingerprint density at radius 3 is 2.31 bits per heavy atom. The monoisotopic (exact) mass is 229 g/mol. The highest BCUT2D eigenvalue weighted by atomic mass is 16.5. The van der Waals surface area contributed by atoms with Crippen LogP contribution in [0.15, 0.2) is 0 Å². The predicted molar refractivity (Wildman–Crippen MR) is 66.5 cm³/mol. The minimum atomic E-state index is -0.0465. The van der Waals surface area contributed by atoms with Crippen LogP contribution in [0.1, 0.15) is 41.0 Å². The van der Waals surface area contributed by atoms with Crippen LogP contribution in [0.5, 0.6) is 0 Å². The zero-order chi connectivity index (χ0) is 12.6. The average Bonchev–Trinajstić information content (AvgIpc) is 2.23. The molecule has 1 fully saturated rings. The van der Waals surface area contributed by atoms with E-state index in [-0.39, 0.29) is 23.0 Å². The van der Waals surface area contributed by atoms with Gasteiger partial charge in [0.15, 0.2) is 0 Å². The molecule has 16 heavy (non-hydrogen) atoms. The number of methoxy groups -OCH3 is 1. The third-order valence-corrected chi connectivity index (χ3v) is 4.53. The minimum absolute atomic E-state index is 0.0198. The van der Waals surface area contributed by atoms with Crippen LogP contribution in [0.2, 0.25) is 0 Å². The molecule has 1 aliphatic carbocycles. The molecule has 0 radical (unpaired) electrons. The zero-order valence-electron chi connectivity index (χ0n) is 11.6. The SMILES string of the molecule is COC1(C)CC(NCC(C)(C)CO)C1(C)C. The predicted octanol–water partition coefficient (Wildman–Crippen LogP) is 1.80. The molecule has 0 saturated heterocycles. The minimum Gasteiger partial charge on any atom is -0.396 e. The molecule has 1 saturated carbocycles. The lowest BCUT2D eigenvalue weighted by molar-refractivity contribution is -0.181. The molecule has 96 valence electrons. The van der Waals surface area contributed by atoms with Crippen molar-refractivity contribution in [3.63, 3.8) is 0 Å². The highest BCUT2D eigenvalue weighted by Gasteiger charge is 2.57. The van der Waals surface area contributed by atoms with Crippen LogP contribution in [-0.2, 0) is 4.74 Å². The summed E-state index contributed by atoms with van der Waals surface area (Å²) < 4.78 is 5.59. The number of nitrogens with one attached hydrogen (secondary N) is 1. The second-order valence-corrected chi connectivity index (χ2v) is 6.62. The van der Waals surface area contributed by atoms with E-state index >= 15 is 0 Å². The summed E-state index contributed by atoms with van der Waals surface area (Å²) in [6, 6.07) is 0.475. The van der Waals surface area contributed by atoms with Gasteiger partial charge >= 0.3 is 0 Å². The molecular formula is C13H27NO2. The lowest BCUT2D eigenvalue weighted by atomic mass is 9.55. The van der Waals surface area contributed by atoms with E-state index in [0.717, 1.165) is 13.0 Å². The van der Waals surface area contributed by atoms with Gasteiger partial charge in [0.25, 0.3) is 0 Å². The van der Waals surface area contributed by atoms with Crippen LogP contribution in [0, 0.1) is 10.8 Å². The molecule has 0 aromatic rings. The van der Waals surface area contributed by atoms with Gasteiger partial charge in [0, 0.05) is 37.1 Å². The second-order valence-electron chi connectivity index (χ2n) is 6.62. The Labute approximate surface area is 99.6 Å². The first-order valence-electron chi connectivity index (χ1n) is 6.08. The highest BCUT2D eigenvalue weighted by Crippen LogP contribution is 2.51. The Bertz CT molecular complexity index is 250. The van der Waals surface area contributed by atoms with E-state index in [2.05, 4.69) is 39.9 Å². The van der Waals surface area contributed by atoms with Crippen molar-refractivity contribution in [1.82, 2.24) is 5.32 Å². The van der Waals surface area contributed by atoms with Crippen molar-refractivity contribution in [1.29, 1.82) is 0 Å². The van der Waals surface area contributed by atoms with Gasteiger partial charge in [-0.25, -0.2) is 0 Å². The number of aliphatic hydroxyl groups excluding tert-OH is 1. The quantitative estimate of drug-likeness (QED) is 0.755. The summed E-state index contributed by atoms with van der Waals surface area (Å²) in [7, 11) is 1.79. The number of rotatable bonds is 5. The highest BCUT2D eigenvalue weighted by molar-refractivity contribution is 5.11. The summed E-state index contributed by atoms with van der Waals surface area (Å²) in [5, 5.41) is 12.8. The van der Waals surface area contributed by atoms with E-state index in [1.807, 2.05) is 0 Å². The Morgan fingerprint density at radius 1 is 1.38 bits per heavy atom. The summed E-state index contributed by atoms with van der Waals surface area (Å²) in [6.45, 7) is 11.9. The maximum atomic E-state index is 9.21. The maximum absolute atomic E-state index is 9.21. The number of hydrogen-bond donors (Lipinski definition) is 2. The van der Waals surface area contributed by atoms with Crippen LogP contribution in [0.3, 0.4) is 0 Å². The topological polar surface area (TPSA) is 41.5 Å². The first-order chi connectivity index (χ1) is 7.18. The molecule has 1 rings (SSSR count). The number of aliphatic hydroxyl groups is 1. The van der Waals surface area contributed by atoms with Gasteiger partial charge in [0.05, 0.1) is 5.60 Å². The second kappa shape index (κ2) is 4.28. The molecule has 2 unspecified atom stereocenters. The van der Waals surface area contributed by atoms with Gasteiger partial charge in [-0.3, -0.25) is 0 Å². The van der Waals surface area contributed by atoms with E-state index in [1.165, 1.54) is 0 Å². The Kier molecular flexibility index (Phi) is 3.73. The van der Waals surface area contributed by atoms with E-state index in [4.69, 9.17) is 4.74 Å². The molecule has 0 aliphatic heterocycles. The van der Waals surface area contributed by atoms with Gasteiger partial charge in [0.1, 0.15) is 0 Å². The van der Waals surface area contributed by atoms with Crippen LogP contribution in [-0.4, -0.2) is 37.0 Å². The lowest BCUT2D eigenvalue weighted by Gasteiger charge is -2.59. The molecule has 3 heteroatoms. The normalized spacial score (nSPS) is 33.6. The van der Waals surface area contributed by atoms with Gasteiger partial charge < -0.3 is 15.2 Å². The van der Waals surface area contributed by atoms with Gasteiger partial charge in [0.2, 0.25) is 0 Å². The van der Waals surface area contributed by atoms with Crippen molar-refractivity contribution in [3.05, 3.63) is 0 Å².